The van der Waals surface area contributed by atoms with Crippen molar-refractivity contribution in [1.82, 2.24) is 15.0 Å². The summed E-state index contributed by atoms with van der Waals surface area (Å²) in [6.45, 7) is 5.47. The Kier molecular flexibility index (Phi) is 7.03. The van der Waals surface area contributed by atoms with Crippen molar-refractivity contribution in [2.24, 2.45) is 17.0 Å². The van der Waals surface area contributed by atoms with Gasteiger partial charge in [0.1, 0.15) is 0 Å². The predicted octanol–water partition coefficient (Wildman–Crippen LogP) is 1.76. The molecule has 5 N–H and O–H groups in total. The Morgan fingerprint density at radius 3 is 2.10 bits per heavy atom. The maximum Gasteiger partial charge on any atom is 0.367 e. The summed E-state index contributed by atoms with van der Waals surface area (Å²) in [7, 11) is -0.259. The molecule has 0 unspecified atom stereocenters. The summed E-state index contributed by atoms with van der Waals surface area (Å²) in [5, 5.41) is 15.3. The van der Waals surface area contributed by atoms with Gasteiger partial charge in [0, 0.05) is 24.5 Å². The molecule has 0 aromatic carbocycles. The van der Waals surface area contributed by atoms with Crippen molar-refractivity contribution in [2.45, 2.75) is 64.5 Å². The molecule has 11 heteroatoms. The van der Waals surface area contributed by atoms with Gasteiger partial charge < -0.3 is 16.0 Å². The molecular formula is C19H37N8O2S+. The lowest BCUT2D eigenvalue weighted by atomic mass is 9.82. The highest BCUT2D eigenvalue weighted by atomic mass is 32.2. The third-order valence-electron chi connectivity index (χ3n) is 5.87. The third kappa shape index (κ3) is 6.64. The molecule has 2 aliphatic rings. The van der Waals surface area contributed by atoms with Crippen molar-refractivity contribution < 1.29 is 12.3 Å². The maximum absolute atomic E-state index is 11.8. The van der Waals surface area contributed by atoms with Crippen molar-refractivity contribution in [2.75, 3.05) is 43.1 Å². The number of anilines is 3. The molecular weight excluding hydrogens is 404 g/mol. The van der Waals surface area contributed by atoms with Crippen LogP contribution in [-0.4, -0.2) is 66.5 Å². The number of hydrogen-bond donors (Lipinski definition) is 4. The Hall–Kier alpha value is -1.72. The normalized spacial score (nSPS) is 22.7. The Labute approximate surface area is 180 Å². The number of quaternary nitrogens is 1. The lowest BCUT2D eigenvalue weighted by Crippen LogP contribution is -2.52. The van der Waals surface area contributed by atoms with Crippen LogP contribution in [0.25, 0.3) is 0 Å². The number of nitrogens with one attached hydrogen (secondary N) is 3. The van der Waals surface area contributed by atoms with Gasteiger partial charge in [-0.2, -0.15) is 28.5 Å². The van der Waals surface area contributed by atoms with Crippen LogP contribution in [0, 0.1) is 11.8 Å². The van der Waals surface area contributed by atoms with Gasteiger partial charge in [-0.1, -0.05) is 0 Å². The lowest BCUT2D eigenvalue weighted by Gasteiger charge is -2.34. The van der Waals surface area contributed by atoms with Crippen molar-refractivity contribution in [3.8, 4) is 0 Å². The highest BCUT2D eigenvalue weighted by molar-refractivity contribution is 7.83. The van der Waals surface area contributed by atoms with E-state index in [-0.39, 0.29) is 9.93 Å². The van der Waals surface area contributed by atoms with Gasteiger partial charge in [-0.3, -0.25) is 0 Å². The van der Waals surface area contributed by atoms with Gasteiger partial charge in [-0.25, -0.2) is 3.89 Å². The van der Waals surface area contributed by atoms with Crippen LogP contribution in [0.1, 0.15) is 52.4 Å². The van der Waals surface area contributed by atoms with E-state index in [0.717, 1.165) is 45.1 Å². The molecule has 0 radical (unpaired) electrons. The molecule has 0 amide bonds. The largest absolute Gasteiger partial charge is 0.367 e. The zero-order chi connectivity index (χ0) is 21.9. The summed E-state index contributed by atoms with van der Waals surface area (Å²) in [6.07, 6.45) is 6.44. The summed E-state index contributed by atoms with van der Waals surface area (Å²) in [6, 6.07) is 0.715. The van der Waals surface area contributed by atoms with Gasteiger partial charge in [-0.15, -0.1) is 0 Å². The van der Waals surface area contributed by atoms with E-state index in [0.29, 0.717) is 42.3 Å². The highest BCUT2D eigenvalue weighted by Crippen LogP contribution is 2.31. The first-order chi connectivity index (χ1) is 14.0. The molecule has 2 saturated carbocycles. The van der Waals surface area contributed by atoms with Crippen LogP contribution < -0.4 is 21.1 Å². The zero-order valence-electron chi connectivity index (χ0n) is 18.6. The fraction of sp³-hybridized carbons (Fsp3) is 0.842. The third-order valence-corrected chi connectivity index (χ3v) is 7.39. The van der Waals surface area contributed by atoms with E-state index >= 15 is 0 Å². The molecule has 1 aromatic heterocycles. The second kappa shape index (κ2) is 9.19. The number of rotatable bonds is 10. The van der Waals surface area contributed by atoms with Gasteiger partial charge in [-0.05, 0) is 58.3 Å². The smallest absolute Gasteiger partial charge is 0.354 e. The fourth-order valence-corrected chi connectivity index (χ4v) is 4.25. The highest BCUT2D eigenvalue weighted by Gasteiger charge is 2.34. The quantitative estimate of drug-likeness (QED) is 0.404. The van der Waals surface area contributed by atoms with Crippen LogP contribution in [0.2, 0.25) is 0 Å². The average molecular weight is 442 g/mol. The monoisotopic (exact) mass is 441 g/mol. The molecule has 2 fully saturated rings. The molecule has 1 heterocycles. The van der Waals surface area contributed by atoms with Crippen LogP contribution in [0.5, 0.6) is 0 Å². The van der Waals surface area contributed by atoms with Gasteiger partial charge in [0.2, 0.25) is 17.8 Å². The SMILES string of the molecule is CC(C)Nc1nc(NCC2CCC(C[N+](C)(C)S(N)(=O)=O)CC2)nc(NC2CC2)n1. The van der Waals surface area contributed by atoms with E-state index in [1.165, 1.54) is 0 Å². The lowest BCUT2D eigenvalue weighted by molar-refractivity contribution is -0.767. The molecule has 170 valence electrons. The first kappa shape index (κ1) is 23.0. The van der Waals surface area contributed by atoms with Crippen LogP contribution >= 0.6 is 0 Å². The number of nitrogens with two attached hydrogens (primary N) is 1. The van der Waals surface area contributed by atoms with E-state index in [9.17, 15) is 8.42 Å². The minimum Gasteiger partial charge on any atom is -0.354 e. The van der Waals surface area contributed by atoms with Gasteiger partial charge in [0.15, 0.2) is 0 Å². The number of nitrogens with zero attached hydrogens (tertiary/aromatic N) is 4. The molecule has 0 saturated heterocycles. The molecule has 0 atom stereocenters. The fourth-order valence-electron chi connectivity index (χ4n) is 3.83. The van der Waals surface area contributed by atoms with E-state index in [1.807, 2.05) is 0 Å². The number of aromatic nitrogens is 3. The predicted molar refractivity (Wildman–Crippen MR) is 119 cm³/mol. The zero-order valence-corrected chi connectivity index (χ0v) is 19.4. The summed E-state index contributed by atoms with van der Waals surface area (Å²) in [5.74, 6) is 2.68. The molecule has 3 rings (SSSR count). The van der Waals surface area contributed by atoms with E-state index < -0.39 is 10.2 Å². The van der Waals surface area contributed by atoms with Gasteiger partial charge in [0.25, 0.3) is 0 Å². The van der Waals surface area contributed by atoms with Crippen molar-refractivity contribution >= 4 is 28.1 Å². The maximum atomic E-state index is 11.8. The van der Waals surface area contributed by atoms with Crippen molar-refractivity contribution in [3.63, 3.8) is 0 Å². The summed E-state index contributed by atoms with van der Waals surface area (Å²) >= 11 is 0. The van der Waals surface area contributed by atoms with Gasteiger partial charge >= 0.3 is 10.2 Å². The Bertz CT molecular complexity index is 796. The Balaban J connectivity index is 1.52. The summed E-state index contributed by atoms with van der Waals surface area (Å²) in [4.78, 5) is 13.5. The van der Waals surface area contributed by atoms with Crippen molar-refractivity contribution in [1.29, 1.82) is 0 Å². The molecule has 10 nitrogen and oxygen atoms in total. The minimum absolute atomic E-state index is 0.159. The molecule has 0 spiro atoms. The average Bonchev–Trinajstić information content (AvgIpc) is 3.43. The molecule has 1 aromatic rings. The standard InChI is InChI=1S/C19H37N8O2S/c1-13(2)22-18-24-17(25-19(26-18)23-16-9-10-16)21-11-14-5-7-15(8-6-14)12-27(3,4)30(20,28)29/h13-16H,5-12H2,1-4H3,(H2,20,28,29)(H3,21,22,23,24,25,26)/q+1. The van der Waals surface area contributed by atoms with Crippen LogP contribution in [0.15, 0.2) is 0 Å². The Morgan fingerprint density at radius 2 is 1.53 bits per heavy atom. The minimum atomic E-state index is -3.59. The summed E-state index contributed by atoms with van der Waals surface area (Å²) in [5.41, 5.74) is 0. The van der Waals surface area contributed by atoms with E-state index in [4.69, 9.17) is 5.14 Å². The van der Waals surface area contributed by atoms with E-state index in [2.05, 4.69) is 44.7 Å². The first-order valence-corrected chi connectivity index (χ1v) is 12.4. The van der Waals surface area contributed by atoms with Gasteiger partial charge in [0.05, 0.1) is 20.6 Å². The molecule has 30 heavy (non-hydrogen) atoms. The first-order valence-electron chi connectivity index (χ1n) is 10.9. The second-order valence-electron chi connectivity index (χ2n) is 9.56. The van der Waals surface area contributed by atoms with Crippen molar-refractivity contribution in [3.05, 3.63) is 0 Å². The van der Waals surface area contributed by atoms with Crippen LogP contribution in [0.4, 0.5) is 17.8 Å². The second-order valence-corrected chi connectivity index (χ2v) is 11.6. The van der Waals surface area contributed by atoms with Crippen LogP contribution in [0.3, 0.4) is 0 Å². The molecule has 0 aliphatic heterocycles. The number of hydrogen-bond acceptors (Lipinski definition) is 8. The topological polar surface area (TPSA) is 135 Å². The Morgan fingerprint density at radius 1 is 0.967 bits per heavy atom. The molecule has 2 aliphatic carbocycles. The summed E-state index contributed by atoms with van der Waals surface area (Å²) < 4.78 is 23.3. The molecule has 0 bridgehead atoms. The van der Waals surface area contributed by atoms with Crippen LogP contribution in [-0.2, 0) is 10.2 Å². The van der Waals surface area contributed by atoms with E-state index in [1.54, 1.807) is 14.1 Å².